The molecule has 0 unspecified atom stereocenters. The molecule has 2 aromatic rings. The van der Waals surface area contributed by atoms with Crippen molar-refractivity contribution in [1.82, 2.24) is 4.90 Å². The van der Waals surface area contributed by atoms with Crippen LogP contribution in [0.1, 0.15) is 28.3 Å². The summed E-state index contributed by atoms with van der Waals surface area (Å²) in [4.78, 5) is 16.3. The van der Waals surface area contributed by atoms with Crippen molar-refractivity contribution in [3.05, 3.63) is 64.7 Å². The Bertz CT molecular complexity index is 747. The van der Waals surface area contributed by atoms with Crippen LogP contribution in [0.15, 0.2) is 42.5 Å². The fourth-order valence-electron chi connectivity index (χ4n) is 3.42. The average molecular weight is 338 g/mol. The van der Waals surface area contributed by atoms with Gasteiger partial charge in [0.15, 0.2) is 0 Å². The smallest absolute Gasteiger partial charge is 0.325 e. The Kier molecular flexibility index (Phi) is 5.09. The number of carbonyl (C=O) groups is 1. The maximum absolute atomic E-state index is 11.9. The number of hydrogen-bond acceptors (Lipinski definition) is 3. The van der Waals surface area contributed by atoms with Crippen LogP contribution in [0.2, 0.25) is 0 Å². The van der Waals surface area contributed by atoms with Gasteiger partial charge in [0.1, 0.15) is 6.04 Å². The molecule has 0 aromatic heterocycles. The third-order valence-electron chi connectivity index (χ3n) is 5.16. The van der Waals surface area contributed by atoms with Gasteiger partial charge in [-0.05, 0) is 49.6 Å². The number of aliphatic carboxylic acids is 1. The van der Waals surface area contributed by atoms with Crippen LogP contribution in [0.3, 0.4) is 0 Å². The molecule has 1 heterocycles. The van der Waals surface area contributed by atoms with E-state index in [2.05, 4.69) is 41.8 Å². The molecule has 4 heteroatoms. The molecule has 0 aliphatic carbocycles. The number of nitrogens with zero attached hydrogens (tertiary/aromatic N) is 2. The molecule has 1 saturated heterocycles. The lowest BCUT2D eigenvalue weighted by Crippen LogP contribution is -2.49. The molecular weight excluding hydrogens is 312 g/mol. The molecule has 0 amide bonds. The Morgan fingerprint density at radius 1 is 0.920 bits per heavy atom. The van der Waals surface area contributed by atoms with Crippen LogP contribution in [0.5, 0.6) is 0 Å². The van der Waals surface area contributed by atoms with Gasteiger partial charge in [0.05, 0.1) is 0 Å². The van der Waals surface area contributed by atoms with Crippen LogP contribution in [-0.2, 0) is 4.79 Å². The van der Waals surface area contributed by atoms with Crippen molar-refractivity contribution in [2.45, 2.75) is 26.8 Å². The number of piperazine rings is 1. The predicted octanol–water partition coefficient (Wildman–Crippen LogP) is 3.56. The fourth-order valence-corrected chi connectivity index (χ4v) is 3.42. The fraction of sp³-hybridized carbons (Fsp3) is 0.381. The van der Waals surface area contributed by atoms with E-state index in [1.54, 1.807) is 0 Å². The first-order chi connectivity index (χ1) is 12.0. The summed E-state index contributed by atoms with van der Waals surface area (Å²) in [5.41, 5.74) is 5.82. The largest absolute Gasteiger partial charge is 0.480 e. The van der Waals surface area contributed by atoms with Crippen LogP contribution >= 0.6 is 0 Å². The van der Waals surface area contributed by atoms with Gasteiger partial charge in [0.2, 0.25) is 0 Å². The standard InChI is InChI=1S/C21H26N2O2/c1-15-4-7-18(8-5-15)20(21(24)25)23-12-10-22(11-13-23)19-9-6-16(2)17(3)14-19/h4-9,14,20H,10-13H2,1-3H3,(H,24,25)/t20-/m0/s1. The first-order valence-corrected chi connectivity index (χ1v) is 8.81. The first kappa shape index (κ1) is 17.5. The highest BCUT2D eigenvalue weighted by molar-refractivity contribution is 5.75. The number of anilines is 1. The van der Waals surface area contributed by atoms with Crippen LogP contribution in [-0.4, -0.2) is 42.2 Å². The molecule has 1 fully saturated rings. The molecule has 0 radical (unpaired) electrons. The minimum Gasteiger partial charge on any atom is -0.480 e. The van der Waals surface area contributed by atoms with Gasteiger partial charge in [-0.25, -0.2) is 0 Å². The monoisotopic (exact) mass is 338 g/mol. The molecule has 4 nitrogen and oxygen atoms in total. The highest BCUT2D eigenvalue weighted by Crippen LogP contribution is 2.26. The molecule has 1 N–H and O–H groups in total. The van der Waals surface area contributed by atoms with E-state index >= 15 is 0 Å². The van der Waals surface area contributed by atoms with Crippen molar-refractivity contribution in [1.29, 1.82) is 0 Å². The minimum atomic E-state index is -0.775. The molecule has 25 heavy (non-hydrogen) atoms. The molecule has 0 spiro atoms. The molecule has 2 aromatic carbocycles. The van der Waals surface area contributed by atoms with Crippen LogP contribution in [0, 0.1) is 20.8 Å². The molecule has 132 valence electrons. The third-order valence-corrected chi connectivity index (χ3v) is 5.16. The molecule has 1 atom stereocenters. The van der Waals surface area contributed by atoms with Gasteiger partial charge in [0, 0.05) is 31.9 Å². The Morgan fingerprint density at radius 3 is 2.12 bits per heavy atom. The SMILES string of the molecule is Cc1ccc([C@@H](C(=O)O)N2CCN(c3ccc(C)c(C)c3)CC2)cc1. The van der Waals surface area contributed by atoms with E-state index in [1.807, 2.05) is 31.2 Å². The first-order valence-electron chi connectivity index (χ1n) is 8.81. The lowest BCUT2D eigenvalue weighted by Gasteiger charge is -2.39. The summed E-state index contributed by atoms with van der Waals surface area (Å²) < 4.78 is 0. The van der Waals surface area contributed by atoms with Crippen molar-refractivity contribution in [2.75, 3.05) is 31.1 Å². The van der Waals surface area contributed by atoms with E-state index in [0.717, 1.165) is 37.3 Å². The van der Waals surface area contributed by atoms with Gasteiger partial charge in [0.25, 0.3) is 0 Å². The Morgan fingerprint density at radius 2 is 1.56 bits per heavy atom. The second-order valence-corrected chi connectivity index (χ2v) is 6.94. The Labute approximate surface area is 149 Å². The zero-order valence-corrected chi connectivity index (χ0v) is 15.2. The summed E-state index contributed by atoms with van der Waals surface area (Å²) in [7, 11) is 0. The zero-order valence-electron chi connectivity index (χ0n) is 15.2. The maximum atomic E-state index is 11.9. The van der Waals surface area contributed by atoms with E-state index < -0.39 is 12.0 Å². The van der Waals surface area contributed by atoms with Crippen molar-refractivity contribution in [3.63, 3.8) is 0 Å². The summed E-state index contributed by atoms with van der Waals surface area (Å²) in [6, 6.07) is 13.8. The molecular formula is C21H26N2O2. The van der Waals surface area contributed by atoms with Gasteiger partial charge in [-0.15, -0.1) is 0 Å². The Hall–Kier alpha value is -2.33. The van der Waals surface area contributed by atoms with Gasteiger partial charge >= 0.3 is 5.97 Å². The third kappa shape index (κ3) is 3.85. The minimum absolute atomic E-state index is 0.567. The summed E-state index contributed by atoms with van der Waals surface area (Å²) in [6.45, 7) is 9.46. The normalized spacial score (nSPS) is 16.7. The van der Waals surface area contributed by atoms with E-state index in [-0.39, 0.29) is 0 Å². The van der Waals surface area contributed by atoms with Crippen LogP contribution in [0.25, 0.3) is 0 Å². The highest BCUT2D eigenvalue weighted by atomic mass is 16.4. The number of carboxylic acid groups (broad SMARTS) is 1. The highest BCUT2D eigenvalue weighted by Gasteiger charge is 2.30. The summed E-state index contributed by atoms with van der Waals surface area (Å²) in [6.07, 6.45) is 0. The number of hydrogen-bond donors (Lipinski definition) is 1. The van der Waals surface area contributed by atoms with Crippen molar-refractivity contribution >= 4 is 11.7 Å². The van der Waals surface area contributed by atoms with E-state index in [1.165, 1.54) is 16.8 Å². The van der Waals surface area contributed by atoms with Crippen molar-refractivity contribution < 1.29 is 9.90 Å². The quantitative estimate of drug-likeness (QED) is 0.926. The molecule has 0 bridgehead atoms. The van der Waals surface area contributed by atoms with Gasteiger partial charge in [-0.3, -0.25) is 9.69 Å². The van der Waals surface area contributed by atoms with Crippen LogP contribution < -0.4 is 4.90 Å². The van der Waals surface area contributed by atoms with Gasteiger partial charge in [-0.1, -0.05) is 35.9 Å². The van der Waals surface area contributed by atoms with Gasteiger partial charge in [-0.2, -0.15) is 0 Å². The van der Waals surface area contributed by atoms with E-state index in [4.69, 9.17) is 0 Å². The summed E-state index contributed by atoms with van der Waals surface area (Å²) in [5, 5.41) is 9.74. The number of benzene rings is 2. The number of aryl methyl sites for hydroxylation is 3. The number of carboxylic acids is 1. The topological polar surface area (TPSA) is 43.8 Å². The van der Waals surface area contributed by atoms with E-state index in [9.17, 15) is 9.90 Å². The number of rotatable bonds is 4. The molecule has 1 aliphatic heterocycles. The molecule has 0 saturated carbocycles. The predicted molar refractivity (Wildman–Crippen MR) is 101 cm³/mol. The van der Waals surface area contributed by atoms with Crippen molar-refractivity contribution in [3.8, 4) is 0 Å². The second kappa shape index (κ2) is 7.28. The lowest BCUT2D eigenvalue weighted by molar-refractivity contribution is -0.143. The molecule has 3 rings (SSSR count). The zero-order chi connectivity index (χ0) is 18.0. The lowest BCUT2D eigenvalue weighted by atomic mass is 10.0. The maximum Gasteiger partial charge on any atom is 0.325 e. The summed E-state index contributed by atoms with van der Waals surface area (Å²) >= 11 is 0. The summed E-state index contributed by atoms with van der Waals surface area (Å²) in [5.74, 6) is -0.775. The Balaban J connectivity index is 1.72. The average Bonchev–Trinajstić information content (AvgIpc) is 2.60. The second-order valence-electron chi connectivity index (χ2n) is 6.94. The van der Waals surface area contributed by atoms with Gasteiger partial charge < -0.3 is 10.0 Å². The van der Waals surface area contributed by atoms with Crippen molar-refractivity contribution in [2.24, 2.45) is 0 Å². The molecule has 1 aliphatic rings. The van der Waals surface area contributed by atoms with E-state index in [0.29, 0.717) is 0 Å². The van der Waals surface area contributed by atoms with Crippen LogP contribution in [0.4, 0.5) is 5.69 Å².